The lowest BCUT2D eigenvalue weighted by Gasteiger charge is -2.14. The van der Waals surface area contributed by atoms with Gasteiger partial charge in [0, 0.05) is 16.8 Å². The summed E-state index contributed by atoms with van der Waals surface area (Å²) in [7, 11) is 0. The Hall–Kier alpha value is -4.23. The number of aromatic nitrogens is 2. The number of rotatable bonds is 5. The van der Waals surface area contributed by atoms with Crippen molar-refractivity contribution in [1.29, 1.82) is 0 Å². The van der Waals surface area contributed by atoms with Gasteiger partial charge in [0.2, 0.25) is 0 Å². The van der Waals surface area contributed by atoms with Gasteiger partial charge in [0.25, 0.3) is 11.5 Å². The van der Waals surface area contributed by atoms with Crippen LogP contribution >= 0.6 is 11.6 Å². The zero-order valence-electron chi connectivity index (χ0n) is 16.5. The number of H-pyrrole nitrogens is 1. The molecule has 158 valence electrons. The molecule has 8 heteroatoms. The van der Waals surface area contributed by atoms with E-state index in [1.165, 1.54) is 18.2 Å². The van der Waals surface area contributed by atoms with Gasteiger partial charge in [-0.05, 0) is 23.8 Å². The SMILES string of the molecule is O=C(O)c1cc(NC(=O)c2c(-c3ccccc3)c(-c3ccccc3)n[nH]c2=O)ccc1Cl. The minimum atomic E-state index is -1.23. The molecule has 32 heavy (non-hydrogen) atoms. The number of benzene rings is 3. The first-order valence-corrected chi connectivity index (χ1v) is 9.91. The van der Waals surface area contributed by atoms with Crippen molar-refractivity contribution in [3.05, 3.63) is 105 Å². The van der Waals surface area contributed by atoms with Gasteiger partial charge in [0.1, 0.15) is 5.56 Å². The molecule has 0 saturated heterocycles. The number of nitrogens with one attached hydrogen (secondary N) is 2. The number of hydrogen-bond donors (Lipinski definition) is 3. The molecular formula is C24H16ClN3O4. The van der Waals surface area contributed by atoms with E-state index >= 15 is 0 Å². The second kappa shape index (κ2) is 8.87. The molecule has 0 aliphatic heterocycles. The summed E-state index contributed by atoms with van der Waals surface area (Å²) < 4.78 is 0. The van der Waals surface area contributed by atoms with Crippen LogP contribution in [0.5, 0.6) is 0 Å². The summed E-state index contributed by atoms with van der Waals surface area (Å²) in [5.74, 6) is -1.94. The van der Waals surface area contributed by atoms with Crippen molar-refractivity contribution in [1.82, 2.24) is 10.2 Å². The number of aromatic carboxylic acids is 1. The molecule has 0 spiro atoms. The third kappa shape index (κ3) is 4.14. The Labute approximate surface area is 187 Å². The smallest absolute Gasteiger partial charge is 0.337 e. The standard InChI is InChI=1S/C24H16ClN3O4/c25-18-12-11-16(13-17(18)24(31)32)26-22(29)20-19(14-7-3-1-4-8-14)21(27-28-23(20)30)15-9-5-2-6-10-15/h1-13H,(H,26,29)(H,28,30)(H,31,32). The highest BCUT2D eigenvalue weighted by Gasteiger charge is 2.23. The minimum absolute atomic E-state index is 0.0357. The molecule has 0 fully saturated rings. The fourth-order valence-corrected chi connectivity index (χ4v) is 3.52. The lowest BCUT2D eigenvalue weighted by Crippen LogP contribution is -2.26. The summed E-state index contributed by atoms with van der Waals surface area (Å²) in [6.45, 7) is 0. The predicted molar refractivity (Wildman–Crippen MR) is 122 cm³/mol. The quantitative estimate of drug-likeness (QED) is 0.412. The van der Waals surface area contributed by atoms with E-state index in [9.17, 15) is 19.5 Å². The summed E-state index contributed by atoms with van der Waals surface area (Å²) in [5.41, 5.74) is 1.36. The molecule has 0 unspecified atom stereocenters. The van der Waals surface area contributed by atoms with Crippen molar-refractivity contribution >= 4 is 29.2 Å². The zero-order valence-corrected chi connectivity index (χ0v) is 17.3. The van der Waals surface area contributed by atoms with E-state index in [0.717, 1.165) is 5.56 Å². The molecule has 4 rings (SSSR count). The van der Waals surface area contributed by atoms with Crippen LogP contribution in [0.25, 0.3) is 22.4 Å². The number of carboxylic acids is 1. The molecular weight excluding hydrogens is 430 g/mol. The topological polar surface area (TPSA) is 112 Å². The van der Waals surface area contributed by atoms with E-state index in [1.54, 1.807) is 24.3 Å². The van der Waals surface area contributed by atoms with Crippen LogP contribution in [0, 0.1) is 0 Å². The maximum atomic E-state index is 13.2. The largest absolute Gasteiger partial charge is 0.478 e. The molecule has 1 aromatic heterocycles. The van der Waals surface area contributed by atoms with Gasteiger partial charge in [-0.15, -0.1) is 0 Å². The average Bonchev–Trinajstić information content (AvgIpc) is 2.81. The van der Waals surface area contributed by atoms with Crippen molar-refractivity contribution in [3.63, 3.8) is 0 Å². The highest BCUT2D eigenvalue weighted by atomic mass is 35.5. The monoisotopic (exact) mass is 445 g/mol. The van der Waals surface area contributed by atoms with Crippen molar-refractivity contribution in [3.8, 4) is 22.4 Å². The second-order valence-electron chi connectivity index (χ2n) is 6.84. The Morgan fingerprint density at radius 3 is 2.16 bits per heavy atom. The summed E-state index contributed by atoms with van der Waals surface area (Å²) in [6.07, 6.45) is 0. The number of hydrogen-bond acceptors (Lipinski definition) is 4. The number of carbonyl (C=O) groups excluding carboxylic acids is 1. The first-order valence-electron chi connectivity index (χ1n) is 9.53. The Morgan fingerprint density at radius 1 is 0.906 bits per heavy atom. The van der Waals surface area contributed by atoms with Crippen LogP contribution in [0.3, 0.4) is 0 Å². The molecule has 0 aliphatic carbocycles. The van der Waals surface area contributed by atoms with Gasteiger partial charge in [-0.2, -0.15) is 5.10 Å². The highest BCUT2D eigenvalue weighted by Crippen LogP contribution is 2.32. The maximum absolute atomic E-state index is 13.2. The summed E-state index contributed by atoms with van der Waals surface area (Å²) in [5, 5.41) is 18.5. The number of anilines is 1. The normalized spacial score (nSPS) is 10.5. The zero-order chi connectivity index (χ0) is 22.7. The van der Waals surface area contributed by atoms with Crippen molar-refractivity contribution in [2.24, 2.45) is 0 Å². The third-order valence-corrected chi connectivity index (χ3v) is 5.10. The van der Waals surface area contributed by atoms with Crippen molar-refractivity contribution < 1.29 is 14.7 Å². The Bertz CT molecular complexity index is 1370. The number of carboxylic acid groups (broad SMARTS) is 1. The van der Waals surface area contributed by atoms with Crippen LogP contribution in [0.4, 0.5) is 5.69 Å². The predicted octanol–water partition coefficient (Wildman–Crippen LogP) is 4.71. The molecule has 4 aromatic rings. The third-order valence-electron chi connectivity index (χ3n) is 4.77. The Morgan fingerprint density at radius 2 is 1.53 bits per heavy atom. The van der Waals surface area contributed by atoms with Gasteiger partial charge in [-0.25, -0.2) is 9.89 Å². The molecule has 0 atom stereocenters. The van der Waals surface area contributed by atoms with Crippen molar-refractivity contribution in [2.45, 2.75) is 0 Å². The van der Waals surface area contributed by atoms with E-state index < -0.39 is 17.4 Å². The van der Waals surface area contributed by atoms with E-state index in [-0.39, 0.29) is 21.8 Å². The van der Waals surface area contributed by atoms with Gasteiger partial charge < -0.3 is 10.4 Å². The van der Waals surface area contributed by atoms with Crippen LogP contribution in [-0.4, -0.2) is 27.2 Å². The second-order valence-corrected chi connectivity index (χ2v) is 7.24. The lowest BCUT2D eigenvalue weighted by atomic mass is 9.95. The molecule has 1 heterocycles. The Kier molecular flexibility index (Phi) is 5.83. The van der Waals surface area contributed by atoms with Gasteiger partial charge >= 0.3 is 5.97 Å². The summed E-state index contributed by atoms with van der Waals surface area (Å²) >= 11 is 5.91. The van der Waals surface area contributed by atoms with Crippen molar-refractivity contribution in [2.75, 3.05) is 5.32 Å². The minimum Gasteiger partial charge on any atom is -0.478 e. The van der Waals surface area contributed by atoms with Gasteiger partial charge in [0.05, 0.1) is 16.3 Å². The molecule has 0 radical (unpaired) electrons. The fourth-order valence-electron chi connectivity index (χ4n) is 3.32. The van der Waals surface area contributed by atoms with E-state index in [2.05, 4.69) is 15.5 Å². The van der Waals surface area contributed by atoms with Crippen LogP contribution in [0.2, 0.25) is 5.02 Å². The molecule has 0 bridgehead atoms. The van der Waals surface area contributed by atoms with Crippen LogP contribution in [-0.2, 0) is 0 Å². The van der Waals surface area contributed by atoms with Crippen LogP contribution in [0.1, 0.15) is 20.7 Å². The fraction of sp³-hybridized carbons (Fsp3) is 0. The molecule has 3 aromatic carbocycles. The van der Waals surface area contributed by atoms with E-state index in [4.69, 9.17) is 11.6 Å². The molecule has 3 N–H and O–H groups in total. The first kappa shape index (κ1) is 21.0. The molecule has 7 nitrogen and oxygen atoms in total. The van der Waals surface area contributed by atoms with Crippen LogP contribution in [0.15, 0.2) is 83.7 Å². The lowest BCUT2D eigenvalue weighted by molar-refractivity contribution is 0.0696. The number of nitrogens with zero attached hydrogens (tertiary/aromatic N) is 1. The molecule has 0 aliphatic rings. The van der Waals surface area contributed by atoms with E-state index in [0.29, 0.717) is 16.8 Å². The van der Waals surface area contributed by atoms with Crippen LogP contribution < -0.4 is 10.9 Å². The maximum Gasteiger partial charge on any atom is 0.337 e. The highest BCUT2D eigenvalue weighted by molar-refractivity contribution is 6.33. The van der Waals surface area contributed by atoms with Gasteiger partial charge in [-0.1, -0.05) is 72.3 Å². The average molecular weight is 446 g/mol. The Balaban J connectivity index is 1.87. The number of halogens is 1. The summed E-state index contributed by atoms with van der Waals surface area (Å²) in [4.78, 5) is 37.4. The molecule has 1 amide bonds. The van der Waals surface area contributed by atoms with E-state index in [1.807, 2.05) is 36.4 Å². The first-order chi connectivity index (χ1) is 15.5. The number of carbonyl (C=O) groups is 2. The molecule has 0 saturated carbocycles. The number of amides is 1. The van der Waals surface area contributed by atoms with Gasteiger partial charge in [-0.3, -0.25) is 9.59 Å². The van der Waals surface area contributed by atoms with Gasteiger partial charge in [0.15, 0.2) is 0 Å². The summed E-state index contributed by atoms with van der Waals surface area (Å²) in [6, 6.07) is 22.2. The number of aromatic amines is 1.